The Morgan fingerprint density at radius 3 is 2.88 bits per heavy atom. The normalized spacial score (nSPS) is 11.4. The lowest BCUT2D eigenvalue weighted by atomic mass is 10.2. The van der Waals surface area contributed by atoms with E-state index in [9.17, 15) is 4.79 Å². The number of nitrogens with zero attached hydrogens (tertiary/aromatic N) is 5. The van der Waals surface area contributed by atoms with Gasteiger partial charge in [0.15, 0.2) is 10.8 Å². The van der Waals surface area contributed by atoms with E-state index in [2.05, 4.69) is 15.0 Å². The minimum Gasteiger partial charge on any atom is -0.273 e. The molecule has 4 aromatic rings. The highest BCUT2D eigenvalue weighted by molar-refractivity contribution is 7.98. The van der Waals surface area contributed by atoms with Gasteiger partial charge in [0.05, 0.1) is 6.54 Å². The third-order valence-corrected chi connectivity index (χ3v) is 4.71. The molecule has 8 heteroatoms. The first kappa shape index (κ1) is 15.2. The molecule has 0 fully saturated rings. The summed E-state index contributed by atoms with van der Waals surface area (Å²) in [7, 11) is 0. The van der Waals surface area contributed by atoms with E-state index in [1.807, 2.05) is 24.5 Å². The number of rotatable bonds is 3. The maximum atomic E-state index is 12.9. The fourth-order valence-corrected chi connectivity index (χ4v) is 3.16. The molecule has 0 saturated heterocycles. The minimum atomic E-state index is -0.184. The highest BCUT2D eigenvalue weighted by Gasteiger charge is 2.15. The number of thioether (sulfide) groups is 1. The molecule has 0 aliphatic carbocycles. The van der Waals surface area contributed by atoms with Crippen LogP contribution in [0.5, 0.6) is 0 Å². The van der Waals surface area contributed by atoms with Crippen LogP contribution in [0.15, 0.2) is 52.8 Å². The second-order valence-electron chi connectivity index (χ2n) is 5.17. The summed E-state index contributed by atoms with van der Waals surface area (Å²) in [5.41, 5.74) is 1.23. The molecule has 1 aromatic carbocycles. The first-order valence-corrected chi connectivity index (χ1v) is 8.79. The van der Waals surface area contributed by atoms with Gasteiger partial charge in [0.2, 0.25) is 5.78 Å². The SMILES string of the molecule is CSc1ncc2c(=O)n(Cc3ccccc3Cl)c3nccn3c2n1. The smallest absolute Gasteiger partial charge is 0.266 e. The zero-order valence-electron chi connectivity index (χ0n) is 12.7. The summed E-state index contributed by atoms with van der Waals surface area (Å²) in [4.78, 5) is 25.9. The summed E-state index contributed by atoms with van der Waals surface area (Å²) in [5.74, 6) is 0.526. The Kier molecular flexibility index (Phi) is 3.74. The molecule has 0 bridgehead atoms. The Labute approximate surface area is 146 Å². The van der Waals surface area contributed by atoms with Gasteiger partial charge in [-0.05, 0) is 17.9 Å². The van der Waals surface area contributed by atoms with E-state index in [-0.39, 0.29) is 5.56 Å². The van der Waals surface area contributed by atoms with Crippen molar-refractivity contribution in [2.45, 2.75) is 11.7 Å². The summed E-state index contributed by atoms with van der Waals surface area (Å²) in [6.45, 7) is 0.333. The lowest BCUT2D eigenvalue weighted by Gasteiger charge is -2.11. The van der Waals surface area contributed by atoms with Crippen molar-refractivity contribution in [2.75, 3.05) is 6.26 Å². The van der Waals surface area contributed by atoms with Gasteiger partial charge in [0.25, 0.3) is 5.56 Å². The molecule has 0 aliphatic heterocycles. The zero-order chi connectivity index (χ0) is 16.7. The van der Waals surface area contributed by atoms with Crippen LogP contribution in [0.1, 0.15) is 5.56 Å². The highest BCUT2D eigenvalue weighted by Crippen LogP contribution is 2.18. The zero-order valence-corrected chi connectivity index (χ0v) is 14.3. The average molecular weight is 358 g/mol. The van der Waals surface area contributed by atoms with Gasteiger partial charge in [-0.15, -0.1) is 0 Å². The van der Waals surface area contributed by atoms with Gasteiger partial charge in [-0.1, -0.05) is 41.6 Å². The van der Waals surface area contributed by atoms with Gasteiger partial charge in [-0.3, -0.25) is 13.8 Å². The van der Waals surface area contributed by atoms with Crippen LogP contribution in [0.3, 0.4) is 0 Å². The number of hydrogen-bond donors (Lipinski definition) is 0. The molecule has 0 aliphatic rings. The van der Waals surface area contributed by atoms with Crippen molar-refractivity contribution in [3.63, 3.8) is 0 Å². The highest BCUT2D eigenvalue weighted by atomic mass is 35.5. The van der Waals surface area contributed by atoms with Gasteiger partial charge < -0.3 is 0 Å². The first-order valence-electron chi connectivity index (χ1n) is 7.19. The Hall–Kier alpha value is -2.38. The summed E-state index contributed by atoms with van der Waals surface area (Å²) >= 11 is 7.67. The van der Waals surface area contributed by atoms with Crippen LogP contribution >= 0.6 is 23.4 Å². The predicted octanol–water partition coefficient (Wildman–Crippen LogP) is 2.86. The Morgan fingerprint density at radius 2 is 2.08 bits per heavy atom. The van der Waals surface area contributed by atoms with Crippen molar-refractivity contribution in [3.8, 4) is 0 Å². The van der Waals surface area contributed by atoms with Crippen LogP contribution < -0.4 is 5.56 Å². The van der Waals surface area contributed by atoms with Crippen LogP contribution in [0, 0.1) is 0 Å². The van der Waals surface area contributed by atoms with Crippen LogP contribution in [0.2, 0.25) is 5.02 Å². The van der Waals surface area contributed by atoms with Crippen LogP contribution in [0.25, 0.3) is 16.8 Å². The van der Waals surface area contributed by atoms with Crippen molar-refractivity contribution in [1.29, 1.82) is 0 Å². The first-order chi connectivity index (χ1) is 11.7. The number of imidazole rings is 1. The summed E-state index contributed by atoms with van der Waals surface area (Å²) in [6, 6.07) is 7.45. The van der Waals surface area contributed by atoms with Crippen molar-refractivity contribution in [2.24, 2.45) is 0 Å². The second kappa shape index (κ2) is 5.92. The van der Waals surface area contributed by atoms with E-state index in [1.54, 1.807) is 33.6 Å². The summed E-state index contributed by atoms with van der Waals surface area (Å²) in [5, 5.41) is 1.68. The van der Waals surface area contributed by atoms with Crippen molar-refractivity contribution >= 4 is 40.2 Å². The molecule has 0 radical (unpaired) electrons. The molecule has 0 unspecified atom stereocenters. The van der Waals surface area contributed by atoms with Crippen molar-refractivity contribution in [3.05, 3.63) is 63.8 Å². The fourth-order valence-electron chi connectivity index (χ4n) is 2.63. The lowest BCUT2D eigenvalue weighted by molar-refractivity contribution is 0.764. The van der Waals surface area contributed by atoms with Gasteiger partial charge in [0, 0.05) is 23.6 Å². The van der Waals surface area contributed by atoms with Gasteiger partial charge in [-0.25, -0.2) is 15.0 Å². The van der Waals surface area contributed by atoms with E-state index >= 15 is 0 Å². The molecule has 0 N–H and O–H groups in total. The van der Waals surface area contributed by atoms with Crippen molar-refractivity contribution in [1.82, 2.24) is 23.9 Å². The van der Waals surface area contributed by atoms with E-state index in [0.29, 0.717) is 33.5 Å². The molecule has 3 heterocycles. The standard InChI is InChI=1S/C16H12ClN5OS/c1-24-15-19-8-11-13(20-15)21-7-6-18-16(21)22(14(11)23)9-10-4-2-3-5-12(10)17/h2-8H,9H2,1H3. The average Bonchev–Trinajstić information content (AvgIpc) is 3.09. The van der Waals surface area contributed by atoms with Crippen LogP contribution in [-0.2, 0) is 6.54 Å². The molecule has 4 rings (SSSR count). The Morgan fingerprint density at radius 1 is 1.25 bits per heavy atom. The Balaban J connectivity index is 2.01. The van der Waals surface area contributed by atoms with Gasteiger partial charge >= 0.3 is 0 Å². The third-order valence-electron chi connectivity index (χ3n) is 3.78. The van der Waals surface area contributed by atoms with E-state index in [4.69, 9.17) is 11.6 Å². The lowest BCUT2D eigenvalue weighted by Crippen LogP contribution is -2.24. The predicted molar refractivity (Wildman–Crippen MR) is 94.9 cm³/mol. The van der Waals surface area contributed by atoms with Gasteiger partial charge in [-0.2, -0.15) is 0 Å². The van der Waals surface area contributed by atoms with E-state index in [1.165, 1.54) is 11.8 Å². The van der Waals surface area contributed by atoms with Gasteiger partial charge in [0.1, 0.15) is 5.39 Å². The molecule has 6 nitrogen and oxygen atoms in total. The quantitative estimate of drug-likeness (QED) is 0.416. The van der Waals surface area contributed by atoms with E-state index < -0.39 is 0 Å². The number of halogens is 1. The van der Waals surface area contributed by atoms with E-state index in [0.717, 1.165) is 5.56 Å². The molecular formula is C16H12ClN5OS. The Bertz CT molecular complexity index is 1120. The molecule has 0 spiro atoms. The molecule has 24 heavy (non-hydrogen) atoms. The topological polar surface area (TPSA) is 65.1 Å². The third kappa shape index (κ3) is 2.37. The molecular weight excluding hydrogens is 346 g/mol. The largest absolute Gasteiger partial charge is 0.273 e. The monoisotopic (exact) mass is 357 g/mol. The number of aromatic nitrogens is 5. The number of benzene rings is 1. The van der Waals surface area contributed by atoms with Crippen LogP contribution in [-0.4, -0.2) is 30.2 Å². The van der Waals surface area contributed by atoms with Crippen molar-refractivity contribution < 1.29 is 0 Å². The number of fused-ring (bicyclic) bond motifs is 3. The maximum Gasteiger partial charge on any atom is 0.266 e. The molecule has 0 amide bonds. The minimum absolute atomic E-state index is 0.184. The fraction of sp³-hybridized carbons (Fsp3) is 0.125. The molecule has 120 valence electrons. The summed E-state index contributed by atoms with van der Waals surface area (Å²) in [6.07, 6.45) is 6.90. The molecule has 0 saturated carbocycles. The molecule has 0 atom stereocenters. The number of hydrogen-bond acceptors (Lipinski definition) is 5. The summed E-state index contributed by atoms with van der Waals surface area (Å²) < 4.78 is 3.39. The van der Waals surface area contributed by atoms with Crippen LogP contribution in [0.4, 0.5) is 0 Å². The maximum absolute atomic E-state index is 12.9. The second-order valence-corrected chi connectivity index (χ2v) is 6.35. The molecule has 3 aromatic heterocycles.